The van der Waals surface area contributed by atoms with Crippen molar-refractivity contribution in [3.63, 3.8) is 0 Å². The molecule has 0 spiro atoms. The number of aromatic nitrogens is 2. The highest BCUT2D eigenvalue weighted by atomic mass is 32.2. The van der Waals surface area contributed by atoms with Gasteiger partial charge >= 0.3 is 0 Å². The van der Waals surface area contributed by atoms with Gasteiger partial charge in [0.1, 0.15) is 0 Å². The first-order chi connectivity index (χ1) is 13.9. The van der Waals surface area contributed by atoms with Crippen molar-refractivity contribution in [2.75, 3.05) is 53.6 Å². The molecule has 160 valence electrons. The first-order valence-electron chi connectivity index (χ1n) is 10.0. The number of benzene rings is 1. The monoisotopic (exact) mass is 419 g/mol. The highest BCUT2D eigenvalue weighted by Gasteiger charge is 2.15. The lowest BCUT2D eigenvalue weighted by molar-refractivity contribution is -0.120. The number of hydrogen-bond acceptors (Lipinski definition) is 6. The van der Waals surface area contributed by atoms with Crippen LogP contribution in [0.15, 0.2) is 29.4 Å². The Labute approximate surface area is 177 Å². The fraction of sp³-hybridized carbons (Fsp3) is 0.571. The van der Waals surface area contributed by atoms with E-state index in [1.165, 1.54) is 11.8 Å². The van der Waals surface area contributed by atoms with Crippen molar-refractivity contribution in [2.45, 2.75) is 31.0 Å². The number of rotatable bonds is 13. The Morgan fingerprint density at radius 2 is 1.76 bits per heavy atom. The third-order valence-corrected chi connectivity index (χ3v) is 5.43. The summed E-state index contributed by atoms with van der Waals surface area (Å²) in [7, 11) is 8.05. The van der Waals surface area contributed by atoms with Crippen LogP contribution in [0.2, 0.25) is 0 Å². The average molecular weight is 420 g/mol. The second-order valence-corrected chi connectivity index (χ2v) is 8.65. The summed E-state index contributed by atoms with van der Waals surface area (Å²) in [5, 5.41) is 3.66. The van der Waals surface area contributed by atoms with Crippen LogP contribution in [-0.4, -0.2) is 84.6 Å². The van der Waals surface area contributed by atoms with Gasteiger partial charge in [0.15, 0.2) is 10.9 Å². The van der Waals surface area contributed by atoms with E-state index in [4.69, 9.17) is 0 Å². The predicted octanol–water partition coefficient (Wildman–Crippen LogP) is 2.11. The molecule has 0 fully saturated rings. The maximum atomic E-state index is 12.5. The van der Waals surface area contributed by atoms with Crippen LogP contribution >= 0.6 is 11.8 Å². The Balaban J connectivity index is 1.96. The van der Waals surface area contributed by atoms with E-state index >= 15 is 0 Å². The Morgan fingerprint density at radius 1 is 1.07 bits per heavy atom. The molecule has 1 heterocycles. The SMILES string of the molecule is CN(C)CCCNC(=O)CSc1nc2ccccc2n1CC(=O)CCCN(C)C. The van der Waals surface area contributed by atoms with Crippen molar-refractivity contribution in [3.05, 3.63) is 24.3 Å². The maximum Gasteiger partial charge on any atom is 0.230 e. The van der Waals surface area contributed by atoms with Crippen molar-refractivity contribution in [1.29, 1.82) is 0 Å². The molecular formula is C21H33N5O2S. The van der Waals surface area contributed by atoms with Crippen LogP contribution in [0.5, 0.6) is 0 Å². The minimum Gasteiger partial charge on any atom is -0.355 e. The van der Waals surface area contributed by atoms with Crippen LogP contribution in [0.4, 0.5) is 0 Å². The highest BCUT2D eigenvalue weighted by Crippen LogP contribution is 2.24. The summed E-state index contributed by atoms with van der Waals surface area (Å²) >= 11 is 1.38. The lowest BCUT2D eigenvalue weighted by Crippen LogP contribution is -2.28. The molecule has 0 unspecified atom stereocenters. The summed E-state index contributed by atoms with van der Waals surface area (Å²) in [4.78, 5) is 33.5. The molecule has 0 saturated heterocycles. The van der Waals surface area contributed by atoms with Gasteiger partial charge in [0.25, 0.3) is 0 Å². The summed E-state index contributed by atoms with van der Waals surface area (Å²) < 4.78 is 1.94. The molecule has 0 saturated carbocycles. The van der Waals surface area contributed by atoms with E-state index in [-0.39, 0.29) is 11.7 Å². The average Bonchev–Trinajstić information content (AvgIpc) is 3.00. The van der Waals surface area contributed by atoms with Crippen LogP contribution in [-0.2, 0) is 16.1 Å². The van der Waals surface area contributed by atoms with Crippen LogP contribution in [0.1, 0.15) is 19.3 Å². The molecule has 8 heteroatoms. The third-order valence-electron chi connectivity index (χ3n) is 4.45. The second kappa shape index (κ2) is 11.9. The molecule has 7 nitrogen and oxygen atoms in total. The maximum absolute atomic E-state index is 12.5. The van der Waals surface area contributed by atoms with E-state index in [1.807, 2.05) is 57.0 Å². The number of Topliss-reactive ketones (excluding diaryl/α,β-unsaturated/α-hetero) is 1. The number of hydrogen-bond donors (Lipinski definition) is 1. The molecule has 2 aromatic rings. The van der Waals surface area contributed by atoms with Gasteiger partial charge in [0, 0.05) is 13.0 Å². The lowest BCUT2D eigenvalue weighted by atomic mass is 10.2. The highest BCUT2D eigenvalue weighted by molar-refractivity contribution is 7.99. The quantitative estimate of drug-likeness (QED) is 0.396. The largest absolute Gasteiger partial charge is 0.355 e. The first-order valence-corrected chi connectivity index (χ1v) is 11.0. The number of para-hydroxylation sites is 2. The van der Waals surface area contributed by atoms with E-state index in [1.54, 1.807) is 0 Å². The molecule has 0 aliphatic heterocycles. The molecule has 0 aliphatic carbocycles. The number of imidazole rings is 1. The van der Waals surface area contributed by atoms with Gasteiger partial charge in [-0.15, -0.1) is 0 Å². The zero-order chi connectivity index (χ0) is 21.2. The minimum absolute atomic E-state index is 0.00956. The number of thioether (sulfide) groups is 1. The first kappa shape index (κ1) is 23.4. The molecule has 0 radical (unpaired) electrons. The molecule has 29 heavy (non-hydrogen) atoms. The van der Waals surface area contributed by atoms with Crippen molar-refractivity contribution in [2.24, 2.45) is 0 Å². The van der Waals surface area contributed by atoms with Gasteiger partial charge in [-0.1, -0.05) is 23.9 Å². The van der Waals surface area contributed by atoms with Gasteiger partial charge in [-0.3, -0.25) is 9.59 Å². The van der Waals surface area contributed by atoms with Crippen LogP contribution in [0.25, 0.3) is 11.0 Å². The number of nitrogens with zero attached hydrogens (tertiary/aromatic N) is 4. The molecular weight excluding hydrogens is 386 g/mol. The summed E-state index contributed by atoms with van der Waals surface area (Å²) in [6, 6.07) is 7.79. The van der Waals surface area contributed by atoms with E-state index in [0.717, 1.165) is 42.1 Å². The van der Waals surface area contributed by atoms with Crippen LogP contribution in [0, 0.1) is 0 Å². The predicted molar refractivity (Wildman–Crippen MR) is 119 cm³/mol. The molecule has 0 bridgehead atoms. The van der Waals surface area contributed by atoms with E-state index in [9.17, 15) is 9.59 Å². The molecule has 1 aromatic heterocycles. The molecule has 0 atom stereocenters. The summed E-state index contributed by atoms with van der Waals surface area (Å²) in [5.74, 6) is 0.467. The Hall–Kier alpha value is -1.90. The minimum atomic E-state index is -0.00956. The van der Waals surface area contributed by atoms with Gasteiger partial charge in [-0.2, -0.15) is 0 Å². The van der Waals surface area contributed by atoms with E-state index < -0.39 is 0 Å². The standard InChI is InChI=1S/C21H33N5O2S/c1-24(2)13-7-9-17(27)15-26-19-11-6-5-10-18(19)23-21(26)29-16-20(28)22-12-8-14-25(3)4/h5-6,10-11H,7-9,12-16H2,1-4H3,(H,22,28). The number of fused-ring (bicyclic) bond motifs is 1. The van der Waals surface area contributed by atoms with E-state index in [0.29, 0.717) is 25.3 Å². The topological polar surface area (TPSA) is 70.5 Å². The second-order valence-electron chi connectivity index (χ2n) is 7.71. The third kappa shape index (κ3) is 8.16. The van der Waals surface area contributed by atoms with Crippen LogP contribution in [0.3, 0.4) is 0 Å². The molecule has 1 aromatic carbocycles. The zero-order valence-electron chi connectivity index (χ0n) is 18.0. The normalized spacial score (nSPS) is 11.5. The smallest absolute Gasteiger partial charge is 0.230 e. The Kier molecular flexibility index (Phi) is 9.63. The fourth-order valence-corrected chi connectivity index (χ4v) is 3.81. The summed E-state index contributed by atoms with van der Waals surface area (Å²) in [5.41, 5.74) is 1.78. The molecule has 1 N–H and O–H groups in total. The summed E-state index contributed by atoms with van der Waals surface area (Å²) in [6.07, 6.45) is 2.31. The van der Waals surface area contributed by atoms with Gasteiger partial charge in [-0.05, 0) is 66.3 Å². The number of amides is 1. The van der Waals surface area contributed by atoms with Crippen molar-refractivity contribution in [1.82, 2.24) is 24.7 Å². The molecule has 2 rings (SSSR count). The lowest BCUT2D eigenvalue weighted by Gasteiger charge is -2.11. The number of carbonyl (C=O) groups is 2. The fourth-order valence-electron chi connectivity index (χ4n) is 2.97. The number of carbonyl (C=O) groups excluding carboxylic acids is 2. The van der Waals surface area contributed by atoms with Gasteiger partial charge in [0.05, 0.1) is 23.3 Å². The molecule has 1 amide bonds. The van der Waals surface area contributed by atoms with Crippen molar-refractivity contribution < 1.29 is 9.59 Å². The van der Waals surface area contributed by atoms with E-state index in [2.05, 4.69) is 20.1 Å². The van der Waals surface area contributed by atoms with Gasteiger partial charge in [0.2, 0.25) is 5.91 Å². The van der Waals surface area contributed by atoms with Gasteiger partial charge in [-0.25, -0.2) is 4.98 Å². The van der Waals surface area contributed by atoms with Gasteiger partial charge < -0.3 is 19.7 Å². The number of nitrogens with one attached hydrogen (secondary N) is 1. The Morgan fingerprint density at radius 3 is 2.48 bits per heavy atom. The van der Waals surface area contributed by atoms with Crippen molar-refractivity contribution >= 4 is 34.5 Å². The zero-order valence-corrected chi connectivity index (χ0v) is 18.8. The van der Waals surface area contributed by atoms with Crippen molar-refractivity contribution in [3.8, 4) is 0 Å². The Bertz CT molecular complexity index is 803. The number of ketones is 1. The van der Waals surface area contributed by atoms with Crippen LogP contribution < -0.4 is 5.32 Å². The molecule has 0 aliphatic rings. The summed E-state index contributed by atoms with van der Waals surface area (Å²) in [6.45, 7) is 2.80.